The number of fused-ring (bicyclic) bond motifs is 1. The number of hydrogen-bond donors (Lipinski definition) is 2. The van der Waals surface area contributed by atoms with Crippen molar-refractivity contribution in [2.75, 3.05) is 12.0 Å². The number of aryl methyl sites for hydroxylation is 2. The summed E-state index contributed by atoms with van der Waals surface area (Å²) in [5, 5.41) is 0. The van der Waals surface area contributed by atoms with Crippen LogP contribution in [0.3, 0.4) is 0 Å². The van der Waals surface area contributed by atoms with E-state index in [1.807, 2.05) is 20.0 Å². The lowest BCUT2D eigenvalue weighted by Gasteiger charge is -2.19. The second kappa shape index (κ2) is 5.15. The molecule has 6 nitrogen and oxygen atoms in total. The van der Waals surface area contributed by atoms with Crippen LogP contribution in [-0.4, -0.2) is 21.6 Å². The van der Waals surface area contributed by atoms with Crippen LogP contribution < -0.4 is 11.3 Å². The quantitative estimate of drug-likeness (QED) is 0.636. The molecule has 0 atom stereocenters. The molecular weight excluding hydrogens is 254 g/mol. The van der Waals surface area contributed by atoms with Gasteiger partial charge < -0.3 is 10.2 Å². The van der Waals surface area contributed by atoms with Gasteiger partial charge in [-0.15, -0.1) is 0 Å². The maximum atomic E-state index is 5.57. The molecule has 2 aromatic rings. The van der Waals surface area contributed by atoms with E-state index >= 15 is 0 Å². The molecular formula is C14H17N5O. The molecule has 6 heteroatoms. The van der Waals surface area contributed by atoms with Crippen LogP contribution in [-0.2, 0) is 17.8 Å². The fourth-order valence-corrected chi connectivity index (χ4v) is 2.41. The van der Waals surface area contributed by atoms with Crippen molar-refractivity contribution < 1.29 is 4.74 Å². The smallest absolute Gasteiger partial charge is 0.180 e. The largest absolute Gasteiger partial charge is 0.376 e. The lowest BCUT2D eigenvalue weighted by atomic mass is 10.1. The Morgan fingerprint density at radius 2 is 2.15 bits per heavy atom. The number of nitrogens with zero attached hydrogens (tertiary/aromatic N) is 3. The summed E-state index contributed by atoms with van der Waals surface area (Å²) in [6, 6.07) is 2.07. The summed E-state index contributed by atoms with van der Waals surface area (Å²) in [5.74, 6) is 6.79. The average Bonchev–Trinajstić information content (AvgIpc) is 2.46. The third-order valence-electron chi connectivity index (χ3n) is 3.39. The zero-order chi connectivity index (χ0) is 14.1. The van der Waals surface area contributed by atoms with Crippen LogP contribution in [0.1, 0.15) is 22.4 Å². The number of nitrogen functional groups attached to an aromatic ring is 1. The van der Waals surface area contributed by atoms with Gasteiger partial charge in [-0.25, -0.2) is 15.8 Å². The molecule has 1 aliphatic heterocycles. The Morgan fingerprint density at radius 1 is 1.30 bits per heavy atom. The van der Waals surface area contributed by atoms with Crippen LogP contribution >= 0.6 is 0 Å². The van der Waals surface area contributed by atoms with Gasteiger partial charge in [0.2, 0.25) is 0 Å². The number of pyridine rings is 1. The van der Waals surface area contributed by atoms with Gasteiger partial charge >= 0.3 is 0 Å². The van der Waals surface area contributed by atoms with Gasteiger partial charge in [-0.3, -0.25) is 4.98 Å². The predicted octanol–water partition coefficient (Wildman–Crippen LogP) is 1.51. The third-order valence-corrected chi connectivity index (χ3v) is 3.39. The van der Waals surface area contributed by atoms with E-state index in [4.69, 9.17) is 10.6 Å². The first-order valence-electron chi connectivity index (χ1n) is 6.57. The van der Waals surface area contributed by atoms with E-state index in [0.717, 1.165) is 34.5 Å². The Bertz CT molecular complexity index is 639. The van der Waals surface area contributed by atoms with Crippen molar-refractivity contribution in [3.63, 3.8) is 0 Å². The standard InChI is InChI=1S/C14H17N5O/c1-8-5-9(2)12(16-6-8)14-17-11-3-4-20-7-10(11)13(18-14)19-15/h5-6H,3-4,7,15H2,1-2H3,(H,17,18,19). The summed E-state index contributed by atoms with van der Waals surface area (Å²) in [7, 11) is 0. The maximum Gasteiger partial charge on any atom is 0.180 e. The van der Waals surface area contributed by atoms with Gasteiger partial charge in [-0.05, 0) is 25.0 Å². The molecule has 0 unspecified atom stereocenters. The topological polar surface area (TPSA) is 86.0 Å². The van der Waals surface area contributed by atoms with Gasteiger partial charge in [0.05, 0.1) is 18.9 Å². The summed E-state index contributed by atoms with van der Waals surface area (Å²) in [6.07, 6.45) is 2.59. The Balaban J connectivity index is 2.14. The SMILES string of the molecule is Cc1cnc(-c2nc3c(c(NN)n2)COCC3)c(C)c1. The van der Waals surface area contributed by atoms with Crippen LogP contribution in [0.5, 0.6) is 0 Å². The van der Waals surface area contributed by atoms with Crippen molar-refractivity contribution >= 4 is 5.82 Å². The number of nitrogens with one attached hydrogen (secondary N) is 1. The monoisotopic (exact) mass is 271 g/mol. The highest BCUT2D eigenvalue weighted by molar-refractivity contribution is 5.59. The fourth-order valence-electron chi connectivity index (χ4n) is 2.41. The first kappa shape index (κ1) is 13.0. The highest BCUT2D eigenvalue weighted by atomic mass is 16.5. The molecule has 0 aromatic carbocycles. The van der Waals surface area contributed by atoms with Gasteiger partial charge in [0.15, 0.2) is 5.82 Å². The molecule has 3 rings (SSSR count). The molecule has 0 aliphatic carbocycles. The van der Waals surface area contributed by atoms with E-state index in [1.54, 1.807) is 0 Å². The maximum absolute atomic E-state index is 5.57. The van der Waals surface area contributed by atoms with Crippen LogP contribution in [0.4, 0.5) is 5.82 Å². The van der Waals surface area contributed by atoms with Gasteiger partial charge in [0.25, 0.3) is 0 Å². The van der Waals surface area contributed by atoms with Crippen LogP contribution in [0.2, 0.25) is 0 Å². The molecule has 1 aliphatic rings. The summed E-state index contributed by atoms with van der Waals surface area (Å²) in [5.41, 5.74) is 7.53. The highest BCUT2D eigenvalue weighted by Gasteiger charge is 2.19. The van der Waals surface area contributed by atoms with Crippen molar-refractivity contribution in [3.8, 4) is 11.5 Å². The number of aromatic nitrogens is 3. The Kier molecular flexibility index (Phi) is 3.33. The first-order chi connectivity index (χ1) is 9.69. The summed E-state index contributed by atoms with van der Waals surface area (Å²) in [6.45, 7) is 5.20. The molecule has 0 radical (unpaired) electrons. The minimum absolute atomic E-state index is 0.495. The van der Waals surface area contributed by atoms with Crippen LogP contribution in [0.15, 0.2) is 12.3 Å². The summed E-state index contributed by atoms with van der Waals surface area (Å²) in [4.78, 5) is 13.6. The minimum atomic E-state index is 0.495. The predicted molar refractivity (Wildman–Crippen MR) is 75.9 cm³/mol. The van der Waals surface area contributed by atoms with E-state index in [1.165, 1.54) is 0 Å². The lowest BCUT2D eigenvalue weighted by molar-refractivity contribution is 0.109. The average molecular weight is 271 g/mol. The van der Waals surface area contributed by atoms with Crippen molar-refractivity contribution in [2.45, 2.75) is 26.9 Å². The number of hydrogen-bond acceptors (Lipinski definition) is 6. The van der Waals surface area contributed by atoms with Crippen molar-refractivity contribution in [3.05, 3.63) is 34.6 Å². The number of nitrogens with two attached hydrogens (primary N) is 1. The van der Waals surface area contributed by atoms with E-state index in [-0.39, 0.29) is 0 Å². The molecule has 2 aromatic heterocycles. The normalized spacial score (nSPS) is 13.9. The van der Waals surface area contributed by atoms with E-state index in [9.17, 15) is 0 Å². The molecule has 20 heavy (non-hydrogen) atoms. The van der Waals surface area contributed by atoms with Crippen molar-refractivity contribution in [1.29, 1.82) is 0 Å². The van der Waals surface area contributed by atoms with Crippen LogP contribution in [0.25, 0.3) is 11.5 Å². The van der Waals surface area contributed by atoms with E-state index < -0.39 is 0 Å². The fraction of sp³-hybridized carbons (Fsp3) is 0.357. The zero-order valence-electron chi connectivity index (χ0n) is 11.6. The van der Waals surface area contributed by atoms with Gasteiger partial charge in [-0.2, -0.15) is 0 Å². The number of rotatable bonds is 2. The second-order valence-corrected chi connectivity index (χ2v) is 4.95. The Labute approximate surface area is 117 Å². The summed E-state index contributed by atoms with van der Waals surface area (Å²) >= 11 is 0. The molecule has 0 amide bonds. The zero-order valence-corrected chi connectivity index (χ0v) is 11.6. The molecule has 0 bridgehead atoms. The van der Waals surface area contributed by atoms with Crippen molar-refractivity contribution in [1.82, 2.24) is 15.0 Å². The van der Waals surface area contributed by atoms with E-state index in [0.29, 0.717) is 24.9 Å². The Morgan fingerprint density at radius 3 is 2.90 bits per heavy atom. The van der Waals surface area contributed by atoms with Gasteiger partial charge in [0.1, 0.15) is 11.5 Å². The second-order valence-electron chi connectivity index (χ2n) is 4.95. The first-order valence-corrected chi connectivity index (χ1v) is 6.57. The van der Waals surface area contributed by atoms with E-state index in [2.05, 4.69) is 26.4 Å². The van der Waals surface area contributed by atoms with Gasteiger partial charge in [-0.1, -0.05) is 6.07 Å². The molecule has 0 fully saturated rings. The molecule has 3 N–H and O–H groups in total. The molecule has 0 saturated carbocycles. The molecule has 0 saturated heterocycles. The lowest BCUT2D eigenvalue weighted by Crippen LogP contribution is -2.19. The minimum Gasteiger partial charge on any atom is -0.376 e. The molecule has 3 heterocycles. The van der Waals surface area contributed by atoms with Gasteiger partial charge in [0, 0.05) is 18.2 Å². The molecule has 0 spiro atoms. The third kappa shape index (κ3) is 2.23. The Hall–Kier alpha value is -2.05. The highest BCUT2D eigenvalue weighted by Crippen LogP contribution is 2.26. The summed E-state index contributed by atoms with van der Waals surface area (Å²) < 4.78 is 5.43. The van der Waals surface area contributed by atoms with Crippen molar-refractivity contribution in [2.24, 2.45) is 5.84 Å². The molecule has 104 valence electrons. The number of hydrazine groups is 1. The van der Waals surface area contributed by atoms with Crippen LogP contribution in [0, 0.1) is 13.8 Å². The number of anilines is 1. The number of ether oxygens (including phenoxy) is 1.